The van der Waals surface area contributed by atoms with Crippen molar-refractivity contribution in [2.75, 3.05) is 27.4 Å². The smallest absolute Gasteiger partial charge is 0.411 e. The van der Waals surface area contributed by atoms with Crippen molar-refractivity contribution in [3.8, 4) is 5.75 Å². The van der Waals surface area contributed by atoms with E-state index in [0.29, 0.717) is 5.75 Å². The molecule has 0 aliphatic rings. The molecule has 0 saturated heterocycles. The van der Waals surface area contributed by atoms with Gasteiger partial charge < -0.3 is 14.8 Å². The summed E-state index contributed by atoms with van der Waals surface area (Å²) in [6, 6.07) is 6.79. The summed E-state index contributed by atoms with van der Waals surface area (Å²) in [7, 11) is 3.18. The van der Waals surface area contributed by atoms with E-state index in [1.807, 2.05) is 0 Å². The minimum Gasteiger partial charge on any atom is -0.496 e. The molecule has 0 bridgehead atoms. The number of benzene rings is 1. The maximum Gasteiger partial charge on any atom is 0.411 e. The van der Waals surface area contributed by atoms with Gasteiger partial charge in [0.05, 0.1) is 19.8 Å². The molecule has 0 aliphatic heterocycles. The van der Waals surface area contributed by atoms with Gasteiger partial charge in [0.1, 0.15) is 12.4 Å². The summed E-state index contributed by atoms with van der Waals surface area (Å²) in [6.45, 7) is -1.32. The third kappa shape index (κ3) is 4.54. The quantitative estimate of drug-likeness (QED) is 0.855. The first-order valence-electron chi connectivity index (χ1n) is 5.42. The average Bonchev–Trinajstić information content (AvgIpc) is 2.33. The molecule has 1 aromatic rings. The summed E-state index contributed by atoms with van der Waals surface area (Å²) in [4.78, 5) is 0. The van der Waals surface area contributed by atoms with Crippen molar-refractivity contribution < 1.29 is 22.6 Å². The van der Waals surface area contributed by atoms with Gasteiger partial charge in [-0.25, -0.2) is 0 Å². The standard InChI is InChI=1S/C12H16F3NO2/c1-16-10(7-18-8-12(13,14)15)9-5-3-4-6-11(9)17-2/h3-6,10,16H,7-8H2,1-2H3. The van der Waals surface area contributed by atoms with Crippen molar-refractivity contribution in [1.29, 1.82) is 0 Å². The van der Waals surface area contributed by atoms with Crippen LogP contribution in [0.25, 0.3) is 0 Å². The van der Waals surface area contributed by atoms with Gasteiger partial charge in [0.25, 0.3) is 0 Å². The number of likely N-dealkylation sites (N-methyl/N-ethyl adjacent to an activating group) is 1. The molecule has 1 unspecified atom stereocenters. The Hall–Kier alpha value is -1.27. The van der Waals surface area contributed by atoms with E-state index in [1.165, 1.54) is 7.11 Å². The Labute approximate surface area is 104 Å². The molecule has 3 nitrogen and oxygen atoms in total. The van der Waals surface area contributed by atoms with Crippen molar-refractivity contribution in [3.63, 3.8) is 0 Å². The third-order valence-corrected chi connectivity index (χ3v) is 2.41. The Morgan fingerprint density at radius 2 is 1.94 bits per heavy atom. The minimum absolute atomic E-state index is 0.0730. The second-order valence-corrected chi connectivity index (χ2v) is 3.71. The lowest BCUT2D eigenvalue weighted by atomic mass is 10.1. The van der Waals surface area contributed by atoms with Crippen molar-refractivity contribution in [3.05, 3.63) is 29.8 Å². The van der Waals surface area contributed by atoms with Crippen LogP contribution in [0.5, 0.6) is 5.75 Å². The predicted octanol–water partition coefficient (Wildman–Crippen LogP) is 2.53. The van der Waals surface area contributed by atoms with Crippen molar-refractivity contribution >= 4 is 0 Å². The first-order valence-corrected chi connectivity index (χ1v) is 5.42. The highest BCUT2D eigenvalue weighted by Gasteiger charge is 2.28. The maximum atomic E-state index is 12.0. The molecular formula is C12H16F3NO2. The molecule has 1 N–H and O–H groups in total. The van der Waals surface area contributed by atoms with Gasteiger partial charge in [0, 0.05) is 5.56 Å². The lowest BCUT2D eigenvalue weighted by molar-refractivity contribution is -0.175. The Balaban J connectivity index is 2.65. The molecule has 0 fully saturated rings. The number of hydrogen-bond donors (Lipinski definition) is 1. The molecule has 18 heavy (non-hydrogen) atoms. The fraction of sp³-hybridized carbons (Fsp3) is 0.500. The average molecular weight is 263 g/mol. The Morgan fingerprint density at radius 1 is 1.28 bits per heavy atom. The van der Waals surface area contributed by atoms with Crippen molar-refractivity contribution in [1.82, 2.24) is 5.32 Å². The summed E-state index contributed by atoms with van der Waals surface area (Å²) in [5.74, 6) is 0.618. The third-order valence-electron chi connectivity index (χ3n) is 2.41. The molecule has 0 saturated carbocycles. The van der Waals surface area contributed by atoms with Crippen molar-refractivity contribution in [2.45, 2.75) is 12.2 Å². The van der Waals surface area contributed by atoms with E-state index in [4.69, 9.17) is 4.74 Å². The predicted molar refractivity (Wildman–Crippen MR) is 61.7 cm³/mol. The summed E-state index contributed by atoms with van der Waals surface area (Å²) in [5, 5.41) is 2.91. The van der Waals surface area contributed by atoms with E-state index < -0.39 is 12.8 Å². The number of methoxy groups -OCH3 is 1. The minimum atomic E-state index is -4.31. The highest BCUT2D eigenvalue weighted by molar-refractivity contribution is 5.35. The molecule has 0 aromatic heterocycles. The van der Waals surface area contributed by atoms with Crippen LogP contribution in [0.3, 0.4) is 0 Å². The number of alkyl halides is 3. The molecule has 1 aromatic carbocycles. The second kappa shape index (κ2) is 6.61. The zero-order chi connectivity index (χ0) is 13.6. The molecule has 6 heteroatoms. The van der Waals surface area contributed by atoms with Crippen LogP contribution in [0.4, 0.5) is 13.2 Å². The van der Waals surface area contributed by atoms with E-state index in [2.05, 4.69) is 10.1 Å². The molecule has 0 heterocycles. The van der Waals surface area contributed by atoms with E-state index in [-0.39, 0.29) is 12.6 Å². The molecule has 0 aliphatic carbocycles. The second-order valence-electron chi connectivity index (χ2n) is 3.71. The first kappa shape index (κ1) is 14.8. The van der Waals surface area contributed by atoms with Gasteiger partial charge in [-0.15, -0.1) is 0 Å². The van der Waals surface area contributed by atoms with Gasteiger partial charge in [0.15, 0.2) is 0 Å². The number of halogens is 3. The van der Waals surface area contributed by atoms with Crippen LogP contribution in [0.1, 0.15) is 11.6 Å². The molecule has 0 amide bonds. The summed E-state index contributed by atoms with van der Waals surface area (Å²) >= 11 is 0. The molecule has 0 spiro atoms. The van der Waals surface area contributed by atoms with Gasteiger partial charge in [-0.3, -0.25) is 0 Å². The zero-order valence-corrected chi connectivity index (χ0v) is 10.3. The summed E-state index contributed by atoms with van der Waals surface area (Å²) < 4.78 is 45.8. The van der Waals surface area contributed by atoms with Crippen molar-refractivity contribution in [2.24, 2.45) is 0 Å². The van der Waals surface area contributed by atoms with Gasteiger partial charge >= 0.3 is 6.18 Å². The first-order chi connectivity index (χ1) is 8.48. The number of ether oxygens (including phenoxy) is 2. The fourth-order valence-electron chi connectivity index (χ4n) is 1.58. The normalized spacial score (nSPS) is 13.4. The topological polar surface area (TPSA) is 30.5 Å². The van der Waals surface area contributed by atoms with E-state index in [0.717, 1.165) is 5.56 Å². The van der Waals surface area contributed by atoms with Crippen LogP contribution in [-0.2, 0) is 4.74 Å². The number of nitrogens with one attached hydrogen (secondary N) is 1. The van der Waals surface area contributed by atoms with E-state index >= 15 is 0 Å². The highest BCUT2D eigenvalue weighted by atomic mass is 19.4. The van der Waals surface area contributed by atoms with Gasteiger partial charge in [0.2, 0.25) is 0 Å². The lowest BCUT2D eigenvalue weighted by Crippen LogP contribution is -2.26. The molecule has 1 rings (SSSR count). The highest BCUT2D eigenvalue weighted by Crippen LogP contribution is 2.25. The SMILES string of the molecule is CNC(COCC(F)(F)F)c1ccccc1OC. The monoisotopic (exact) mass is 263 g/mol. The van der Waals surface area contributed by atoms with Crippen LogP contribution in [0, 0.1) is 0 Å². The van der Waals surface area contributed by atoms with Crippen LogP contribution < -0.4 is 10.1 Å². The maximum absolute atomic E-state index is 12.0. The Kier molecular flexibility index (Phi) is 5.43. The number of hydrogen-bond acceptors (Lipinski definition) is 3. The zero-order valence-electron chi connectivity index (χ0n) is 10.3. The van der Waals surface area contributed by atoms with Gasteiger partial charge in [-0.1, -0.05) is 18.2 Å². The number of para-hydroxylation sites is 1. The lowest BCUT2D eigenvalue weighted by Gasteiger charge is -2.19. The molecule has 1 atom stereocenters. The van der Waals surface area contributed by atoms with E-state index in [9.17, 15) is 13.2 Å². The summed E-state index contributed by atoms with van der Waals surface area (Å²) in [6.07, 6.45) is -4.31. The molecule has 0 radical (unpaired) electrons. The van der Waals surface area contributed by atoms with Crippen LogP contribution >= 0.6 is 0 Å². The Bertz CT molecular complexity index is 369. The largest absolute Gasteiger partial charge is 0.496 e. The molecular weight excluding hydrogens is 247 g/mol. The van der Waals surface area contributed by atoms with Gasteiger partial charge in [-0.05, 0) is 13.1 Å². The fourth-order valence-corrected chi connectivity index (χ4v) is 1.58. The summed E-state index contributed by atoms with van der Waals surface area (Å²) in [5.41, 5.74) is 0.768. The van der Waals surface area contributed by atoms with E-state index in [1.54, 1.807) is 31.3 Å². The number of rotatable bonds is 6. The van der Waals surface area contributed by atoms with Crippen LogP contribution in [-0.4, -0.2) is 33.5 Å². The Morgan fingerprint density at radius 3 is 2.50 bits per heavy atom. The van der Waals surface area contributed by atoms with Crippen LogP contribution in [0.2, 0.25) is 0 Å². The van der Waals surface area contributed by atoms with Gasteiger partial charge in [-0.2, -0.15) is 13.2 Å². The molecule has 102 valence electrons. The van der Waals surface area contributed by atoms with Crippen LogP contribution in [0.15, 0.2) is 24.3 Å².